The van der Waals surface area contributed by atoms with Crippen LogP contribution in [0.5, 0.6) is 0 Å². The number of carbonyl (C=O) groups is 3. The van der Waals surface area contributed by atoms with Crippen LogP contribution in [0.25, 0.3) is 11.1 Å². The highest BCUT2D eigenvalue weighted by Crippen LogP contribution is 2.46. The minimum absolute atomic E-state index is 0.0657. The van der Waals surface area contributed by atoms with Gasteiger partial charge in [0.15, 0.2) is 5.78 Å². The topological polar surface area (TPSA) is 119 Å². The number of hydrogen-bond donors (Lipinski definition) is 1. The van der Waals surface area contributed by atoms with Crippen LogP contribution in [-0.4, -0.2) is 43.9 Å². The van der Waals surface area contributed by atoms with Gasteiger partial charge in [0, 0.05) is 18.1 Å². The Kier molecular flexibility index (Phi) is 6.35. The number of nitrogens with zero attached hydrogens (tertiary/aromatic N) is 2. The molecule has 0 spiro atoms. The highest BCUT2D eigenvalue weighted by molar-refractivity contribution is 7.84. The van der Waals surface area contributed by atoms with Crippen molar-refractivity contribution in [1.29, 1.82) is 0 Å². The summed E-state index contributed by atoms with van der Waals surface area (Å²) in [6.07, 6.45) is 5.30. The lowest BCUT2D eigenvalue weighted by Crippen LogP contribution is -2.54. The Labute approximate surface area is 193 Å². The number of ketones is 1. The quantitative estimate of drug-likeness (QED) is 0.473. The number of pyridine rings is 1. The number of hydrogen-bond acceptors (Lipinski definition) is 6. The van der Waals surface area contributed by atoms with Crippen molar-refractivity contribution in [2.75, 3.05) is 4.90 Å². The van der Waals surface area contributed by atoms with Gasteiger partial charge in [-0.3, -0.25) is 23.6 Å². The van der Waals surface area contributed by atoms with E-state index < -0.39 is 34.9 Å². The van der Waals surface area contributed by atoms with Gasteiger partial charge < -0.3 is 14.8 Å². The molecule has 9 heteroatoms. The van der Waals surface area contributed by atoms with Crippen LogP contribution in [0.3, 0.4) is 0 Å². The van der Waals surface area contributed by atoms with Gasteiger partial charge in [0.25, 0.3) is 0 Å². The van der Waals surface area contributed by atoms with Crippen molar-refractivity contribution >= 4 is 46.0 Å². The Morgan fingerprint density at radius 2 is 1.88 bits per heavy atom. The van der Waals surface area contributed by atoms with Gasteiger partial charge in [0.05, 0.1) is 4.91 Å². The molecule has 8 nitrogen and oxygen atoms in total. The van der Waals surface area contributed by atoms with Crippen molar-refractivity contribution in [3.8, 4) is 0 Å². The molecule has 3 atom stereocenters. The highest BCUT2D eigenvalue weighted by Gasteiger charge is 2.41. The summed E-state index contributed by atoms with van der Waals surface area (Å²) >= 11 is -2.75. The molecule has 0 radical (unpaired) electrons. The van der Waals surface area contributed by atoms with Gasteiger partial charge >= 0.3 is 0 Å². The fraction of sp³-hybridized carbons (Fsp3) is 0.250. The van der Waals surface area contributed by atoms with Crippen molar-refractivity contribution in [3.05, 3.63) is 70.9 Å². The first kappa shape index (κ1) is 22.8. The van der Waals surface area contributed by atoms with Crippen molar-refractivity contribution in [2.45, 2.75) is 32.4 Å². The number of anilines is 1. The molecular formula is C24H22N3O5S-. The van der Waals surface area contributed by atoms with Gasteiger partial charge in [-0.25, -0.2) is 0 Å². The average Bonchev–Trinajstić information content (AvgIpc) is 2.78. The van der Waals surface area contributed by atoms with E-state index in [2.05, 4.69) is 10.3 Å². The van der Waals surface area contributed by atoms with Gasteiger partial charge in [0.2, 0.25) is 12.3 Å². The molecule has 0 saturated heterocycles. The Balaban J connectivity index is 1.69. The molecule has 2 amide bonds. The SMILES string of the molecule is CC(C)C[C@@H](C(=O)NC1C(=O)C(S(=O)[O-])=CC2=C1c1ccccc12)N(C=O)c1ccncc1. The predicted molar refractivity (Wildman–Crippen MR) is 123 cm³/mol. The zero-order valence-electron chi connectivity index (χ0n) is 18.1. The van der Waals surface area contributed by atoms with Crippen LogP contribution in [0.15, 0.2) is 59.8 Å². The van der Waals surface area contributed by atoms with Crippen LogP contribution in [0, 0.1) is 5.92 Å². The number of benzene rings is 1. The minimum atomic E-state index is -2.75. The molecular weight excluding hydrogens is 442 g/mol. The second-order valence-corrected chi connectivity index (χ2v) is 9.19. The van der Waals surface area contributed by atoms with Crippen LogP contribution in [0.1, 0.15) is 31.4 Å². The summed E-state index contributed by atoms with van der Waals surface area (Å²) in [5.41, 5.74) is 3.32. The maximum absolute atomic E-state index is 13.5. The molecule has 1 heterocycles. The lowest BCUT2D eigenvalue weighted by atomic mass is 9.73. The van der Waals surface area contributed by atoms with Gasteiger partial charge in [0.1, 0.15) is 12.1 Å². The summed E-state index contributed by atoms with van der Waals surface area (Å²) in [7, 11) is 0. The number of nitrogens with one attached hydrogen (secondary N) is 1. The normalized spacial score (nSPS) is 18.5. The molecule has 2 unspecified atom stereocenters. The smallest absolute Gasteiger partial charge is 0.244 e. The van der Waals surface area contributed by atoms with E-state index in [0.29, 0.717) is 29.7 Å². The van der Waals surface area contributed by atoms with E-state index in [-0.39, 0.29) is 10.8 Å². The standard InChI is InChI=1S/C24H23N3O5S/c1-14(2)11-19(27(13-28)15-7-9-25-10-8-15)24(30)26-22-21-17-6-4-3-5-16(17)18(21)12-20(23(22)29)33(31)32/h3-10,12-14,19,22H,11H2,1-2H3,(H,26,30)(H,31,32)/p-1/t19-,22?/m0/s1. The van der Waals surface area contributed by atoms with Crippen LogP contribution in [0.4, 0.5) is 5.69 Å². The summed E-state index contributed by atoms with van der Waals surface area (Å²) in [5, 5.41) is 2.74. The second-order valence-electron chi connectivity index (χ2n) is 8.29. The zero-order chi connectivity index (χ0) is 23.7. The molecule has 2 aromatic rings. The van der Waals surface area contributed by atoms with E-state index in [9.17, 15) is 23.1 Å². The molecule has 2 aliphatic carbocycles. The second kappa shape index (κ2) is 9.21. The number of allylic oxidation sites excluding steroid dienone is 2. The van der Waals surface area contributed by atoms with Gasteiger partial charge in [-0.2, -0.15) is 0 Å². The molecule has 0 bridgehead atoms. The molecule has 0 fully saturated rings. The lowest BCUT2D eigenvalue weighted by Gasteiger charge is -2.37. The number of Topliss-reactive ketones (excluding diaryl/α,β-unsaturated/α-hetero) is 1. The largest absolute Gasteiger partial charge is 0.768 e. The molecule has 2 aliphatic rings. The third kappa shape index (κ3) is 4.17. The van der Waals surface area contributed by atoms with E-state index in [1.54, 1.807) is 12.1 Å². The maximum Gasteiger partial charge on any atom is 0.244 e. The fourth-order valence-electron chi connectivity index (χ4n) is 4.25. The first-order chi connectivity index (χ1) is 15.8. The van der Waals surface area contributed by atoms with Crippen molar-refractivity contribution < 1.29 is 23.1 Å². The number of rotatable bonds is 8. The molecule has 170 valence electrons. The molecule has 33 heavy (non-hydrogen) atoms. The van der Waals surface area contributed by atoms with E-state index >= 15 is 0 Å². The lowest BCUT2D eigenvalue weighted by molar-refractivity contribution is -0.127. The predicted octanol–water partition coefficient (Wildman–Crippen LogP) is 2.21. The average molecular weight is 465 g/mol. The molecule has 1 N–H and O–H groups in total. The number of amides is 2. The summed E-state index contributed by atoms with van der Waals surface area (Å²) in [6, 6.07) is 8.48. The van der Waals surface area contributed by atoms with Crippen LogP contribution in [0.2, 0.25) is 0 Å². The first-order valence-electron chi connectivity index (χ1n) is 10.5. The van der Waals surface area contributed by atoms with E-state index in [4.69, 9.17) is 0 Å². The highest BCUT2D eigenvalue weighted by atomic mass is 32.2. The van der Waals surface area contributed by atoms with Gasteiger partial charge in [-0.1, -0.05) is 38.1 Å². The summed E-state index contributed by atoms with van der Waals surface area (Å²) in [5.74, 6) is -1.18. The Morgan fingerprint density at radius 3 is 2.48 bits per heavy atom. The van der Waals surface area contributed by atoms with Crippen molar-refractivity contribution in [3.63, 3.8) is 0 Å². The van der Waals surface area contributed by atoms with Crippen LogP contribution in [-0.2, 0) is 25.5 Å². The minimum Gasteiger partial charge on any atom is -0.768 e. The number of fused-ring (bicyclic) bond motifs is 3. The molecule has 4 rings (SSSR count). The van der Waals surface area contributed by atoms with Crippen LogP contribution >= 0.6 is 0 Å². The number of carbonyl (C=O) groups excluding carboxylic acids is 3. The molecule has 1 aromatic carbocycles. The first-order valence-corrected chi connectivity index (χ1v) is 11.5. The summed E-state index contributed by atoms with van der Waals surface area (Å²) in [6.45, 7) is 3.84. The van der Waals surface area contributed by atoms with E-state index in [1.165, 1.54) is 23.4 Å². The van der Waals surface area contributed by atoms with Crippen molar-refractivity contribution in [1.82, 2.24) is 10.3 Å². The van der Waals surface area contributed by atoms with E-state index in [0.717, 1.165) is 11.1 Å². The van der Waals surface area contributed by atoms with Crippen LogP contribution < -0.4 is 10.2 Å². The Bertz CT molecular complexity index is 1210. The third-order valence-electron chi connectivity index (χ3n) is 5.74. The third-order valence-corrected chi connectivity index (χ3v) is 6.42. The zero-order valence-corrected chi connectivity index (χ0v) is 18.9. The monoisotopic (exact) mass is 464 g/mol. The molecule has 0 saturated carbocycles. The fourth-order valence-corrected chi connectivity index (χ4v) is 4.75. The summed E-state index contributed by atoms with van der Waals surface area (Å²) in [4.78, 5) is 43.4. The molecule has 1 aromatic heterocycles. The summed E-state index contributed by atoms with van der Waals surface area (Å²) < 4.78 is 23.4. The Hall–Kier alpha value is -3.43. The van der Waals surface area contributed by atoms with Crippen molar-refractivity contribution in [2.24, 2.45) is 5.92 Å². The van der Waals surface area contributed by atoms with Gasteiger partial charge in [-0.15, -0.1) is 0 Å². The molecule has 0 aliphatic heterocycles. The van der Waals surface area contributed by atoms with E-state index in [1.807, 2.05) is 38.1 Å². The maximum atomic E-state index is 13.5. The Morgan fingerprint density at radius 1 is 1.21 bits per heavy atom. The van der Waals surface area contributed by atoms with Gasteiger partial charge in [-0.05, 0) is 63.9 Å². The number of aromatic nitrogens is 1.